The van der Waals surface area contributed by atoms with Crippen LogP contribution in [0.4, 0.5) is 5.69 Å². The van der Waals surface area contributed by atoms with Gasteiger partial charge in [-0.15, -0.1) is 12.4 Å². The van der Waals surface area contributed by atoms with E-state index in [1.165, 1.54) is 0 Å². The van der Waals surface area contributed by atoms with Crippen LogP contribution in [0.25, 0.3) is 0 Å². The molecule has 1 fully saturated rings. The van der Waals surface area contributed by atoms with Crippen LogP contribution in [-0.2, 0) is 11.2 Å². The number of piperazine rings is 1. The summed E-state index contributed by atoms with van der Waals surface area (Å²) in [5.41, 5.74) is 3.49. The molecule has 0 radical (unpaired) electrons. The fourth-order valence-electron chi connectivity index (χ4n) is 3.85. The Morgan fingerprint density at radius 2 is 2.00 bits per heavy atom. The first-order valence-electron chi connectivity index (χ1n) is 9.25. The maximum Gasteiger partial charge on any atom is 0.254 e. The molecule has 2 aliphatic heterocycles. The average Bonchev–Trinajstić information content (AvgIpc) is 2.72. The Balaban J connectivity index is 0.00000225. The molecule has 148 valence electrons. The van der Waals surface area contributed by atoms with Crippen molar-refractivity contribution in [2.75, 3.05) is 32.1 Å². The lowest BCUT2D eigenvalue weighted by molar-refractivity contribution is -0.116. The number of fused-ring (bicyclic) bond motifs is 1. The van der Waals surface area contributed by atoms with Gasteiger partial charge in [-0.25, -0.2) is 0 Å². The molecule has 2 N–H and O–H groups in total. The molecule has 0 aliphatic carbocycles. The number of hydrogen-bond donors (Lipinski definition) is 2. The number of benzene rings is 2. The number of anilines is 1. The third kappa shape index (κ3) is 3.84. The SMILES string of the molecule is COc1ccccc1C1CNCCN1C(=O)c1ccc2c(c1)CCC(=O)N2.Cl. The minimum atomic E-state index is -0.0851. The number of nitrogens with one attached hydrogen (secondary N) is 2. The third-order valence-corrected chi connectivity index (χ3v) is 5.25. The van der Waals surface area contributed by atoms with Crippen LogP contribution in [0, 0.1) is 0 Å². The average molecular weight is 402 g/mol. The van der Waals surface area contributed by atoms with Gasteiger partial charge in [-0.2, -0.15) is 0 Å². The number of para-hydroxylation sites is 1. The minimum Gasteiger partial charge on any atom is -0.496 e. The molecular weight excluding hydrogens is 378 g/mol. The summed E-state index contributed by atoms with van der Waals surface area (Å²) in [6.45, 7) is 2.08. The number of halogens is 1. The summed E-state index contributed by atoms with van der Waals surface area (Å²) < 4.78 is 5.51. The monoisotopic (exact) mass is 401 g/mol. The van der Waals surface area contributed by atoms with Crippen molar-refractivity contribution in [2.24, 2.45) is 0 Å². The highest BCUT2D eigenvalue weighted by Gasteiger charge is 2.31. The molecule has 6 nitrogen and oxygen atoms in total. The molecule has 4 rings (SSSR count). The molecule has 2 aliphatic rings. The van der Waals surface area contributed by atoms with Crippen molar-refractivity contribution in [3.63, 3.8) is 0 Å². The van der Waals surface area contributed by atoms with E-state index in [9.17, 15) is 9.59 Å². The van der Waals surface area contributed by atoms with Crippen molar-refractivity contribution in [1.29, 1.82) is 0 Å². The normalized spacial score (nSPS) is 18.5. The number of hydrogen-bond acceptors (Lipinski definition) is 4. The minimum absolute atomic E-state index is 0. The summed E-state index contributed by atoms with van der Waals surface area (Å²) in [5.74, 6) is 0.823. The zero-order valence-corrected chi connectivity index (χ0v) is 16.6. The molecule has 7 heteroatoms. The number of methoxy groups -OCH3 is 1. The van der Waals surface area contributed by atoms with E-state index in [4.69, 9.17) is 4.74 Å². The van der Waals surface area contributed by atoms with Crippen molar-refractivity contribution in [1.82, 2.24) is 10.2 Å². The van der Waals surface area contributed by atoms with Crippen molar-refractivity contribution in [3.05, 3.63) is 59.2 Å². The van der Waals surface area contributed by atoms with E-state index in [2.05, 4.69) is 10.6 Å². The van der Waals surface area contributed by atoms with Gasteiger partial charge in [-0.1, -0.05) is 18.2 Å². The maximum atomic E-state index is 13.3. The largest absolute Gasteiger partial charge is 0.496 e. The molecule has 2 aromatic carbocycles. The van der Waals surface area contributed by atoms with Crippen molar-refractivity contribution < 1.29 is 14.3 Å². The molecule has 0 saturated carbocycles. The van der Waals surface area contributed by atoms with Crippen LogP contribution in [0.5, 0.6) is 5.75 Å². The number of aryl methyl sites for hydroxylation is 1. The van der Waals surface area contributed by atoms with Crippen molar-refractivity contribution in [2.45, 2.75) is 18.9 Å². The second-order valence-electron chi connectivity index (χ2n) is 6.88. The highest BCUT2D eigenvalue weighted by atomic mass is 35.5. The second kappa shape index (κ2) is 8.63. The topological polar surface area (TPSA) is 70.7 Å². The first-order valence-corrected chi connectivity index (χ1v) is 9.25. The Morgan fingerprint density at radius 3 is 2.82 bits per heavy atom. The summed E-state index contributed by atoms with van der Waals surface area (Å²) >= 11 is 0. The van der Waals surface area contributed by atoms with E-state index < -0.39 is 0 Å². The summed E-state index contributed by atoms with van der Waals surface area (Å²) in [6.07, 6.45) is 1.13. The van der Waals surface area contributed by atoms with Gasteiger partial charge >= 0.3 is 0 Å². The fourth-order valence-corrected chi connectivity index (χ4v) is 3.85. The van der Waals surface area contributed by atoms with Gasteiger partial charge in [0.2, 0.25) is 5.91 Å². The Kier molecular flexibility index (Phi) is 6.21. The van der Waals surface area contributed by atoms with Gasteiger partial charge in [-0.3, -0.25) is 9.59 Å². The first-order chi connectivity index (χ1) is 13.2. The Labute approximate surface area is 170 Å². The van der Waals surface area contributed by atoms with Gasteiger partial charge in [0.05, 0.1) is 13.2 Å². The van der Waals surface area contributed by atoms with E-state index in [1.807, 2.05) is 41.3 Å². The molecule has 1 unspecified atom stereocenters. The first kappa shape index (κ1) is 20.2. The van der Waals surface area contributed by atoms with Crippen LogP contribution in [0.15, 0.2) is 42.5 Å². The van der Waals surface area contributed by atoms with E-state index in [0.717, 1.165) is 29.1 Å². The van der Waals surface area contributed by atoms with Crippen LogP contribution in [0.3, 0.4) is 0 Å². The fraction of sp³-hybridized carbons (Fsp3) is 0.333. The number of carbonyl (C=O) groups is 2. The zero-order chi connectivity index (χ0) is 18.8. The summed E-state index contributed by atoms with van der Waals surface area (Å²) in [4.78, 5) is 26.8. The predicted octanol–water partition coefficient (Wildman–Crippen LogP) is 2.79. The molecule has 1 saturated heterocycles. The van der Waals surface area contributed by atoms with Crippen LogP contribution < -0.4 is 15.4 Å². The number of ether oxygens (including phenoxy) is 1. The molecule has 2 amide bonds. The zero-order valence-electron chi connectivity index (χ0n) is 15.7. The Bertz CT molecular complexity index is 887. The van der Waals surface area contributed by atoms with Gasteiger partial charge in [-0.05, 0) is 36.2 Å². The highest BCUT2D eigenvalue weighted by molar-refractivity contribution is 5.98. The van der Waals surface area contributed by atoms with Crippen LogP contribution in [-0.4, -0.2) is 43.5 Å². The van der Waals surface area contributed by atoms with E-state index in [0.29, 0.717) is 31.5 Å². The lowest BCUT2D eigenvalue weighted by Gasteiger charge is -2.37. The molecule has 1 atom stereocenters. The molecule has 0 aromatic heterocycles. The number of rotatable bonds is 3. The van der Waals surface area contributed by atoms with Crippen molar-refractivity contribution in [3.8, 4) is 5.75 Å². The standard InChI is InChI=1S/C21H23N3O3.ClH/c1-27-19-5-3-2-4-16(19)18-13-22-10-11-24(18)21(26)15-6-8-17-14(12-15)7-9-20(25)23-17;/h2-6,8,12,18,22H,7,9-11,13H2,1H3,(H,23,25);1H. The van der Waals surface area contributed by atoms with Gasteiger partial charge in [0.25, 0.3) is 5.91 Å². The molecular formula is C21H24ClN3O3. The van der Waals surface area contributed by atoms with Gasteiger partial charge in [0.1, 0.15) is 5.75 Å². The summed E-state index contributed by atoms with van der Waals surface area (Å²) in [7, 11) is 1.65. The van der Waals surface area contributed by atoms with E-state index in [1.54, 1.807) is 13.2 Å². The predicted molar refractivity (Wildman–Crippen MR) is 110 cm³/mol. The maximum absolute atomic E-state index is 13.3. The van der Waals surface area contributed by atoms with Gasteiger partial charge < -0.3 is 20.3 Å². The number of nitrogens with zero attached hydrogens (tertiary/aromatic N) is 1. The Morgan fingerprint density at radius 1 is 1.18 bits per heavy atom. The number of amides is 2. The smallest absolute Gasteiger partial charge is 0.254 e. The van der Waals surface area contributed by atoms with Crippen molar-refractivity contribution >= 4 is 29.9 Å². The quantitative estimate of drug-likeness (QED) is 0.829. The van der Waals surface area contributed by atoms with E-state index in [-0.39, 0.29) is 30.3 Å². The lowest BCUT2D eigenvalue weighted by atomic mass is 9.98. The Hall–Kier alpha value is -2.57. The lowest BCUT2D eigenvalue weighted by Crippen LogP contribution is -2.48. The molecule has 0 spiro atoms. The molecule has 28 heavy (non-hydrogen) atoms. The summed E-state index contributed by atoms with van der Waals surface area (Å²) in [6, 6.07) is 13.3. The van der Waals surface area contributed by atoms with Crippen LogP contribution in [0.1, 0.15) is 33.9 Å². The van der Waals surface area contributed by atoms with Crippen LogP contribution in [0.2, 0.25) is 0 Å². The highest BCUT2D eigenvalue weighted by Crippen LogP contribution is 2.32. The van der Waals surface area contributed by atoms with Crippen LogP contribution >= 0.6 is 12.4 Å². The van der Waals surface area contributed by atoms with Gasteiger partial charge in [0.15, 0.2) is 0 Å². The number of carbonyl (C=O) groups excluding carboxylic acids is 2. The second-order valence-corrected chi connectivity index (χ2v) is 6.88. The third-order valence-electron chi connectivity index (χ3n) is 5.25. The molecule has 0 bridgehead atoms. The van der Waals surface area contributed by atoms with E-state index >= 15 is 0 Å². The summed E-state index contributed by atoms with van der Waals surface area (Å²) in [5, 5.41) is 6.24. The molecule has 2 heterocycles. The van der Waals surface area contributed by atoms with Gasteiger partial charge in [0, 0.05) is 42.9 Å². The molecule has 2 aromatic rings.